The minimum atomic E-state index is -0.348. The molecule has 0 heterocycles. The second kappa shape index (κ2) is 4.92. The quantitative estimate of drug-likeness (QED) is 0.612. The molecule has 0 atom stereocenters. The summed E-state index contributed by atoms with van der Waals surface area (Å²) in [6.45, 7) is 0. The van der Waals surface area contributed by atoms with Crippen LogP contribution in [0.2, 0.25) is 0 Å². The van der Waals surface area contributed by atoms with Gasteiger partial charge in [0.1, 0.15) is 0 Å². The van der Waals surface area contributed by atoms with Gasteiger partial charge in [-0.2, -0.15) is 0 Å². The Kier molecular flexibility index (Phi) is 3.79. The summed E-state index contributed by atoms with van der Waals surface area (Å²) in [6.07, 6.45) is 3.10. The molecule has 2 nitrogen and oxygen atoms in total. The Morgan fingerprint density at radius 2 is 2.00 bits per heavy atom. The van der Waals surface area contributed by atoms with E-state index in [1.165, 1.54) is 6.08 Å². The van der Waals surface area contributed by atoms with Crippen molar-refractivity contribution in [1.29, 1.82) is 0 Å². The lowest BCUT2D eigenvalue weighted by Gasteiger charge is -1.89. The molecule has 62 valence electrons. The molecule has 1 aromatic carbocycles. The van der Waals surface area contributed by atoms with E-state index in [1.807, 2.05) is 30.3 Å². The third-order valence-electron chi connectivity index (χ3n) is 1.29. The number of halogens is 1. The van der Waals surface area contributed by atoms with Crippen molar-refractivity contribution in [1.82, 2.24) is 0 Å². The van der Waals surface area contributed by atoms with Crippen LogP contribution in [0.25, 0.3) is 6.08 Å². The minimum absolute atomic E-state index is 0.348. The maximum absolute atomic E-state index is 10.7. The molecule has 0 unspecified atom stereocenters. The number of benzene rings is 1. The van der Waals surface area contributed by atoms with Gasteiger partial charge in [-0.05, 0) is 11.6 Å². The van der Waals surface area contributed by atoms with Crippen molar-refractivity contribution in [2.75, 3.05) is 0 Å². The van der Waals surface area contributed by atoms with E-state index >= 15 is 0 Å². The zero-order valence-electron chi connectivity index (χ0n) is 6.24. The molecule has 0 bridgehead atoms. The van der Waals surface area contributed by atoms with Crippen LogP contribution < -0.4 is 0 Å². The first kappa shape index (κ1) is 9.25. The number of hydrogen-bond acceptors (Lipinski definition) is 2. The van der Waals surface area contributed by atoms with Crippen molar-refractivity contribution in [2.45, 2.75) is 0 Å². The van der Waals surface area contributed by atoms with Crippen molar-refractivity contribution >= 4 is 35.1 Å². The Bertz CT molecular complexity index is 280. The van der Waals surface area contributed by atoms with Gasteiger partial charge in [0.25, 0.3) is 0 Å². The molecule has 1 rings (SSSR count). The van der Waals surface area contributed by atoms with Crippen LogP contribution in [0.3, 0.4) is 0 Å². The summed E-state index contributed by atoms with van der Waals surface area (Å²) >= 11 is 1.56. The van der Waals surface area contributed by atoms with Crippen LogP contribution in [0.5, 0.6) is 0 Å². The van der Waals surface area contributed by atoms with Crippen molar-refractivity contribution in [3.63, 3.8) is 0 Å². The molecular weight excluding hydrogens is 267 g/mol. The number of rotatable bonds is 2. The highest BCUT2D eigenvalue weighted by Gasteiger charge is 1.91. The summed E-state index contributed by atoms with van der Waals surface area (Å²) in [5.74, 6) is -0.348. The van der Waals surface area contributed by atoms with Crippen molar-refractivity contribution in [2.24, 2.45) is 0 Å². The Labute approximate surface area is 84.9 Å². The Morgan fingerprint density at radius 3 is 2.58 bits per heavy atom. The molecule has 0 saturated heterocycles. The van der Waals surface area contributed by atoms with E-state index in [4.69, 9.17) is 0 Å². The molecule has 0 radical (unpaired) electrons. The van der Waals surface area contributed by atoms with E-state index in [2.05, 4.69) is 3.07 Å². The summed E-state index contributed by atoms with van der Waals surface area (Å²) in [5, 5.41) is 0. The molecule has 1 aromatic rings. The van der Waals surface area contributed by atoms with E-state index < -0.39 is 0 Å². The van der Waals surface area contributed by atoms with Gasteiger partial charge < -0.3 is 3.07 Å². The first-order valence-corrected chi connectivity index (χ1v) is 4.26. The Balaban J connectivity index is 2.64. The fourth-order valence-electron chi connectivity index (χ4n) is 0.754. The average Bonchev–Trinajstić information content (AvgIpc) is 2.16. The van der Waals surface area contributed by atoms with Crippen LogP contribution in [-0.4, -0.2) is 5.97 Å². The van der Waals surface area contributed by atoms with E-state index in [0.29, 0.717) is 0 Å². The zero-order valence-corrected chi connectivity index (χ0v) is 8.39. The predicted molar refractivity (Wildman–Crippen MR) is 55.6 cm³/mol. The van der Waals surface area contributed by atoms with Crippen LogP contribution >= 0.6 is 23.0 Å². The van der Waals surface area contributed by atoms with Crippen LogP contribution in [0.4, 0.5) is 0 Å². The van der Waals surface area contributed by atoms with Gasteiger partial charge in [-0.1, -0.05) is 30.3 Å². The molecule has 0 aliphatic heterocycles. The lowest BCUT2D eigenvalue weighted by atomic mass is 10.2. The molecule has 0 fully saturated rings. The Morgan fingerprint density at radius 1 is 1.33 bits per heavy atom. The van der Waals surface area contributed by atoms with E-state index in [0.717, 1.165) is 5.56 Å². The molecule has 0 amide bonds. The van der Waals surface area contributed by atoms with Gasteiger partial charge in [-0.15, -0.1) is 0 Å². The van der Waals surface area contributed by atoms with Crippen LogP contribution in [-0.2, 0) is 7.86 Å². The molecule has 0 aliphatic rings. The van der Waals surface area contributed by atoms with Gasteiger partial charge in [-0.3, -0.25) is 0 Å². The Hall–Kier alpha value is -0.840. The van der Waals surface area contributed by atoms with E-state index in [-0.39, 0.29) is 5.97 Å². The highest BCUT2D eigenvalue weighted by atomic mass is 127. The fraction of sp³-hybridized carbons (Fsp3) is 0. The highest BCUT2D eigenvalue weighted by molar-refractivity contribution is 14.1. The molecule has 12 heavy (non-hydrogen) atoms. The van der Waals surface area contributed by atoms with Crippen LogP contribution in [0, 0.1) is 0 Å². The van der Waals surface area contributed by atoms with Gasteiger partial charge in [-0.25, -0.2) is 4.79 Å². The monoisotopic (exact) mass is 274 g/mol. The molecule has 0 spiro atoms. The van der Waals surface area contributed by atoms with Gasteiger partial charge in [0, 0.05) is 6.08 Å². The number of carbonyl (C=O) groups is 1. The molecular formula is C9H7IO2. The lowest BCUT2D eigenvalue weighted by Crippen LogP contribution is -1.87. The van der Waals surface area contributed by atoms with Gasteiger partial charge in [0.2, 0.25) is 0 Å². The first-order valence-electron chi connectivity index (χ1n) is 3.38. The standard InChI is InChI=1S/C9H7IO2/c10-12-9(11)7-6-8-4-2-1-3-5-8/h1-7H/b7-6+. The second-order valence-electron chi connectivity index (χ2n) is 2.14. The molecule has 0 N–H and O–H groups in total. The maximum atomic E-state index is 10.7. The normalized spacial score (nSPS) is 10.1. The number of hydrogen-bond donors (Lipinski definition) is 0. The fourth-order valence-corrected chi connectivity index (χ4v) is 0.901. The van der Waals surface area contributed by atoms with Gasteiger partial charge in [0.05, 0.1) is 0 Å². The minimum Gasteiger partial charge on any atom is -0.391 e. The topological polar surface area (TPSA) is 26.3 Å². The summed E-state index contributed by atoms with van der Waals surface area (Å²) in [6, 6.07) is 9.58. The summed E-state index contributed by atoms with van der Waals surface area (Å²) in [7, 11) is 0. The van der Waals surface area contributed by atoms with Gasteiger partial charge >= 0.3 is 5.97 Å². The third-order valence-corrected chi connectivity index (χ3v) is 1.72. The van der Waals surface area contributed by atoms with Crippen molar-refractivity contribution in [3.05, 3.63) is 42.0 Å². The van der Waals surface area contributed by atoms with Crippen molar-refractivity contribution in [3.8, 4) is 0 Å². The molecule has 0 aromatic heterocycles. The van der Waals surface area contributed by atoms with E-state index in [9.17, 15) is 4.79 Å². The first-order chi connectivity index (χ1) is 5.83. The second-order valence-corrected chi connectivity index (χ2v) is 2.58. The van der Waals surface area contributed by atoms with E-state index in [1.54, 1.807) is 29.1 Å². The largest absolute Gasteiger partial charge is 0.391 e. The van der Waals surface area contributed by atoms with Crippen molar-refractivity contribution < 1.29 is 7.86 Å². The maximum Gasteiger partial charge on any atom is 0.340 e. The van der Waals surface area contributed by atoms with Gasteiger partial charge in [0.15, 0.2) is 23.0 Å². The number of carbonyl (C=O) groups excluding carboxylic acids is 1. The highest BCUT2D eigenvalue weighted by Crippen LogP contribution is 2.01. The van der Waals surface area contributed by atoms with Crippen LogP contribution in [0.15, 0.2) is 36.4 Å². The molecule has 0 aliphatic carbocycles. The smallest absolute Gasteiger partial charge is 0.340 e. The zero-order chi connectivity index (χ0) is 8.81. The third kappa shape index (κ3) is 3.04. The average molecular weight is 274 g/mol. The van der Waals surface area contributed by atoms with Crippen LogP contribution in [0.1, 0.15) is 5.56 Å². The predicted octanol–water partition coefficient (Wildman–Crippen LogP) is 2.59. The summed E-state index contributed by atoms with van der Waals surface area (Å²) in [5.41, 5.74) is 0.985. The SMILES string of the molecule is O=C(/C=C/c1ccccc1)OI. The summed E-state index contributed by atoms with van der Waals surface area (Å²) in [4.78, 5) is 10.7. The lowest BCUT2D eigenvalue weighted by molar-refractivity contribution is -0.126. The summed E-state index contributed by atoms with van der Waals surface area (Å²) < 4.78 is 4.42. The molecule has 3 heteroatoms. The molecule has 0 saturated carbocycles.